The number of nitrogens with one attached hydrogen (secondary N) is 1. The molecule has 0 aliphatic rings. The second kappa shape index (κ2) is 7.71. The minimum absolute atomic E-state index is 0.195. The van der Waals surface area contributed by atoms with Crippen LogP contribution in [0.1, 0.15) is 43.5 Å². The first-order valence-electron chi connectivity index (χ1n) is 6.75. The zero-order valence-corrected chi connectivity index (χ0v) is 11.9. The van der Waals surface area contributed by atoms with Gasteiger partial charge in [0, 0.05) is 20.1 Å². The summed E-state index contributed by atoms with van der Waals surface area (Å²) in [5.41, 5.74) is 0.292. The van der Waals surface area contributed by atoms with E-state index in [9.17, 15) is 9.18 Å². The Bertz CT molecular complexity index is 423. The summed E-state index contributed by atoms with van der Waals surface area (Å²) in [5.74, 6) is -0.248. The van der Waals surface area contributed by atoms with Crippen molar-refractivity contribution in [2.75, 3.05) is 25.5 Å². The molecular weight excluding hydrogens is 245 g/mol. The third-order valence-electron chi connectivity index (χ3n) is 2.87. The zero-order valence-electron chi connectivity index (χ0n) is 11.9. The molecular formula is C14H22FN3O. The maximum absolute atomic E-state index is 13.3. The summed E-state index contributed by atoms with van der Waals surface area (Å²) in [7, 11) is 1.73. The Morgan fingerprint density at radius 1 is 1.42 bits per heavy atom. The molecule has 0 radical (unpaired) electrons. The van der Waals surface area contributed by atoms with Gasteiger partial charge in [0.2, 0.25) is 0 Å². The molecule has 0 spiro atoms. The Balaban J connectivity index is 2.81. The van der Waals surface area contributed by atoms with Gasteiger partial charge in [0.05, 0.1) is 11.8 Å². The first-order chi connectivity index (χ1) is 9.10. The second-order valence-electron chi connectivity index (χ2n) is 4.51. The van der Waals surface area contributed by atoms with Crippen molar-refractivity contribution in [3.8, 4) is 0 Å². The predicted octanol–water partition coefficient (Wildman–Crippen LogP) is 2.91. The standard InChI is InChI=1S/C14H22FN3O/c1-4-6-7-8-18(3)14(19)12-9-11(15)10-17-13(12)16-5-2/h9-10H,4-8H2,1-3H3,(H,16,17). The largest absolute Gasteiger partial charge is 0.370 e. The average Bonchev–Trinajstić information content (AvgIpc) is 2.40. The van der Waals surface area contributed by atoms with Crippen LogP contribution in [0.4, 0.5) is 10.2 Å². The van der Waals surface area contributed by atoms with Crippen LogP contribution < -0.4 is 5.32 Å². The third-order valence-corrected chi connectivity index (χ3v) is 2.87. The highest BCUT2D eigenvalue weighted by Crippen LogP contribution is 2.16. The molecule has 0 unspecified atom stereocenters. The SMILES string of the molecule is CCCCCN(C)C(=O)c1cc(F)cnc1NCC. The van der Waals surface area contributed by atoms with Crippen LogP contribution in [0.5, 0.6) is 0 Å². The van der Waals surface area contributed by atoms with Crippen LogP contribution in [0.25, 0.3) is 0 Å². The van der Waals surface area contributed by atoms with Crippen molar-refractivity contribution in [2.24, 2.45) is 0 Å². The van der Waals surface area contributed by atoms with Gasteiger partial charge in [0.15, 0.2) is 0 Å². The molecule has 4 nitrogen and oxygen atoms in total. The molecule has 1 N–H and O–H groups in total. The topological polar surface area (TPSA) is 45.2 Å². The van der Waals surface area contributed by atoms with Crippen LogP contribution in [0, 0.1) is 5.82 Å². The number of amides is 1. The van der Waals surface area contributed by atoms with E-state index in [-0.39, 0.29) is 5.91 Å². The Labute approximate surface area is 114 Å². The Kier molecular flexibility index (Phi) is 6.25. The van der Waals surface area contributed by atoms with Crippen LogP contribution in [0.3, 0.4) is 0 Å². The lowest BCUT2D eigenvalue weighted by atomic mass is 10.2. The monoisotopic (exact) mass is 267 g/mol. The number of aromatic nitrogens is 1. The molecule has 1 aromatic rings. The lowest BCUT2D eigenvalue weighted by Crippen LogP contribution is -2.29. The van der Waals surface area contributed by atoms with E-state index >= 15 is 0 Å². The maximum Gasteiger partial charge on any atom is 0.257 e. The van der Waals surface area contributed by atoms with Crippen molar-refractivity contribution < 1.29 is 9.18 Å². The van der Waals surface area contributed by atoms with Gasteiger partial charge in [-0.1, -0.05) is 19.8 Å². The fourth-order valence-electron chi connectivity index (χ4n) is 1.82. The number of hydrogen-bond donors (Lipinski definition) is 1. The number of anilines is 1. The normalized spacial score (nSPS) is 10.3. The third kappa shape index (κ3) is 4.50. The van der Waals surface area contributed by atoms with Crippen molar-refractivity contribution in [3.05, 3.63) is 23.6 Å². The van der Waals surface area contributed by atoms with E-state index in [1.54, 1.807) is 11.9 Å². The molecule has 0 saturated heterocycles. The lowest BCUT2D eigenvalue weighted by molar-refractivity contribution is 0.0792. The van der Waals surface area contributed by atoms with Gasteiger partial charge < -0.3 is 10.2 Å². The van der Waals surface area contributed by atoms with E-state index in [4.69, 9.17) is 0 Å². The van der Waals surface area contributed by atoms with Crippen LogP contribution in [-0.4, -0.2) is 35.9 Å². The molecule has 1 heterocycles. The van der Waals surface area contributed by atoms with Gasteiger partial charge in [-0.15, -0.1) is 0 Å². The molecule has 0 aromatic carbocycles. The van der Waals surface area contributed by atoms with Crippen molar-refractivity contribution in [2.45, 2.75) is 33.1 Å². The van der Waals surface area contributed by atoms with Crippen molar-refractivity contribution in [1.29, 1.82) is 0 Å². The summed E-state index contributed by atoms with van der Waals surface area (Å²) in [6, 6.07) is 1.24. The quantitative estimate of drug-likeness (QED) is 0.773. The van der Waals surface area contributed by atoms with Gasteiger partial charge in [-0.05, 0) is 19.4 Å². The number of halogens is 1. The highest BCUT2D eigenvalue weighted by atomic mass is 19.1. The number of hydrogen-bond acceptors (Lipinski definition) is 3. The second-order valence-corrected chi connectivity index (χ2v) is 4.51. The Morgan fingerprint density at radius 3 is 2.79 bits per heavy atom. The minimum atomic E-state index is -0.494. The van der Waals surface area contributed by atoms with Crippen molar-refractivity contribution in [1.82, 2.24) is 9.88 Å². The zero-order chi connectivity index (χ0) is 14.3. The van der Waals surface area contributed by atoms with Gasteiger partial charge in [-0.25, -0.2) is 9.37 Å². The van der Waals surface area contributed by atoms with E-state index in [2.05, 4.69) is 17.2 Å². The van der Waals surface area contributed by atoms with Crippen LogP contribution >= 0.6 is 0 Å². The number of unbranched alkanes of at least 4 members (excludes halogenated alkanes) is 2. The highest BCUT2D eigenvalue weighted by Gasteiger charge is 2.17. The van der Waals surface area contributed by atoms with E-state index in [0.29, 0.717) is 24.5 Å². The van der Waals surface area contributed by atoms with E-state index in [0.717, 1.165) is 25.5 Å². The number of carbonyl (C=O) groups is 1. The molecule has 5 heteroatoms. The molecule has 0 fully saturated rings. The molecule has 19 heavy (non-hydrogen) atoms. The van der Waals surface area contributed by atoms with Crippen LogP contribution in [-0.2, 0) is 0 Å². The van der Waals surface area contributed by atoms with Gasteiger partial charge in [-0.3, -0.25) is 4.79 Å². The molecule has 0 atom stereocenters. The summed E-state index contributed by atoms with van der Waals surface area (Å²) in [4.78, 5) is 17.8. The first kappa shape index (κ1) is 15.4. The first-order valence-corrected chi connectivity index (χ1v) is 6.75. The van der Waals surface area contributed by atoms with Gasteiger partial charge >= 0.3 is 0 Å². The van der Waals surface area contributed by atoms with Gasteiger partial charge in [0.25, 0.3) is 5.91 Å². The minimum Gasteiger partial charge on any atom is -0.370 e. The van der Waals surface area contributed by atoms with Crippen molar-refractivity contribution in [3.63, 3.8) is 0 Å². The average molecular weight is 267 g/mol. The number of rotatable bonds is 7. The van der Waals surface area contributed by atoms with Crippen LogP contribution in [0.2, 0.25) is 0 Å². The summed E-state index contributed by atoms with van der Waals surface area (Å²) >= 11 is 0. The van der Waals surface area contributed by atoms with Gasteiger partial charge in [-0.2, -0.15) is 0 Å². The number of carbonyl (C=O) groups excluding carboxylic acids is 1. The number of nitrogens with zero attached hydrogens (tertiary/aromatic N) is 2. The summed E-state index contributed by atoms with van der Waals surface area (Å²) in [6.07, 6.45) is 4.26. The highest BCUT2D eigenvalue weighted by molar-refractivity contribution is 5.98. The fourth-order valence-corrected chi connectivity index (χ4v) is 1.82. The maximum atomic E-state index is 13.3. The van der Waals surface area contributed by atoms with Gasteiger partial charge in [0.1, 0.15) is 11.6 Å². The van der Waals surface area contributed by atoms with E-state index in [1.165, 1.54) is 6.07 Å². The van der Waals surface area contributed by atoms with Crippen molar-refractivity contribution >= 4 is 11.7 Å². The molecule has 106 valence electrons. The molecule has 1 amide bonds. The summed E-state index contributed by atoms with van der Waals surface area (Å²) < 4.78 is 13.3. The molecule has 1 aromatic heterocycles. The van der Waals surface area contributed by atoms with Crippen LogP contribution in [0.15, 0.2) is 12.3 Å². The smallest absolute Gasteiger partial charge is 0.257 e. The molecule has 0 aliphatic heterocycles. The summed E-state index contributed by atoms with van der Waals surface area (Å²) in [5, 5.41) is 2.98. The fraction of sp³-hybridized carbons (Fsp3) is 0.571. The lowest BCUT2D eigenvalue weighted by Gasteiger charge is -2.18. The Hall–Kier alpha value is -1.65. The Morgan fingerprint density at radius 2 is 2.16 bits per heavy atom. The number of pyridine rings is 1. The predicted molar refractivity (Wildman–Crippen MR) is 74.8 cm³/mol. The molecule has 0 aliphatic carbocycles. The molecule has 0 saturated carbocycles. The molecule has 0 bridgehead atoms. The summed E-state index contributed by atoms with van der Waals surface area (Å²) in [6.45, 7) is 5.33. The van der Waals surface area contributed by atoms with E-state index in [1.807, 2.05) is 6.92 Å². The van der Waals surface area contributed by atoms with E-state index < -0.39 is 5.82 Å². The molecule has 1 rings (SSSR count).